The highest BCUT2D eigenvalue weighted by Gasteiger charge is 2.62. The van der Waals surface area contributed by atoms with E-state index < -0.39 is 51.8 Å². The van der Waals surface area contributed by atoms with Crippen molar-refractivity contribution in [1.82, 2.24) is 5.32 Å². The molecule has 0 aromatic heterocycles. The van der Waals surface area contributed by atoms with Gasteiger partial charge in [0.15, 0.2) is 16.1 Å². The molecule has 1 rings (SSSR count). The number of rotatable bonds is 4. The normalized spacial score (nSPS) is 38.5. The molecule has 1 heterocycles. The molecule has 5 atom stereocenters. The van der Waals surface area contributed by atoms with Gasteiger partial charge in [0.2, 0.25) is 10.8 Å². The van der Waals surface area contributed by atoms with Crippen molar-refractivity contribution in [3.8, 4) is 0 Å². The Morgan fingerprint density at radius 3 is 2.40 bits per heavy atom. The summed E-state index contributed by atoms with van der Waals surface area (Å²) in [6, 6.07) is -1.54. The van der Waals surface area contributed by atoms with E-state index in [1.54, 1.807) is 0 Å². The second-order valence-electron chi connectivity index (χ2n) is 4.61. The van der Waals surface area contributed by atoms with Crippen LogP contribution in [0.1, 0.15) is 6.92 Å². The molecule has 1 aliphatic rings. The smallest absolute Gasteiger partial charge is 0.219 e. The van der Waals surface area contributed by atoms with E-state index in [1.807, 2.05) is 0 Å². The van der Waals surface area contributed by atoms with Gasteiger partial charge in [-0.05, 0) is 0 Å². The molecule has 10 heteroatoms. The van der Waals surface area contributed by atoms with Gasteiger partial charge in [-0.25, -0.2) is 8.42 Å². The Morgan fingerprint density at radius 2 is 2.05 bits per heavy atom. The van der Waals surface area contributed by atoms with Crippen LogP contribution in [0.5, 0.6) is 0 Å². The third kappa shape index (κ3) is 2.80. The number of carbonyl (C=O) groups excluding carboxylic acids is 1. The van der Waals surface area contributed by atoms with Crippen LogP contribution in [0.3, 0.4) is 0 Å². The van der Waals surface area contributed by atoms with Crippen LogP contribution in [0.4, 0.5) is 0 Å². The summed E-state index contributed by atoms with van der Waals surface area (Å²) in [5.74, 6) is -0.641. The second-order valence-corrected chi connectivity index (χ2v) is 6.81. The lowest BCUT2D eigenvalue weighted by Gasteiger charge is -2.48. The largest absolute Gasteiger partial charge is 0.394 e. The molecule has 0 spiro atoms. The van der Waals surface area contributed by atoms with Crippen molar-refractivity contribution in [3.63, 3.8) is 0 Å². The minimum Gasteiger partial charge on any atom is -0.394 e. The van der Waals surface area contributed by atoms with Crippen LogP contribution >= 0.6 is 0 Å². The molecule has 9 nitrogen and oxygen atoms in total. The summed E-state index contributed by atoms with van der Waals surface area (Å²) in [5.41, 5.74) is 0. The van der Waals surface area contributed by atoms with Crippen molar-refractivity contribution >= 4 is 15.7 Å². The third-order valence-electron chi connectivity index (χ3n) is 3.17. The number of sulfone groups is 1. The lowest BCUT2D eigenvalue weighted by Crippen LogP contribution is -2.74. The molecule has 0 aromatic carbocycles. The molecule has 0 aromatic rings. The predicted molar refractivity (Wildman–Crippen MR) is 66.2 cm³/mol. The van der Waals surface area contributed by atoms with Crippen molar-refractivity contribution < 1.29 is 38.0 Å². The van der Waals surface area contributed by atoms with Gasteiger partial charge in [0.05, 0.1) is 6.61 Å². The quantitative estimate of drug-likeness (QED) is 0.429. The SMILES string of the molecule is CO[C@H]1O[C@H](CO)[C@@H](O)[C@@](O)(S(C)(=O)=O)[C@@H]1NC(C)=O. The highest BCUT2D eigenvalue weighted by molar-refractivity contribution is 7.92. The molecule has 4 N–H and O–H groups in total. The highest BCUT2D eigenvalue weighted by atomic mass is 32.2. The van der Waals surface area contributed by atoms with E-state index in [4.69, 9.17) is 14.6 Å². The molecule has 0 saturated carbocycles. The van der Waals surface area contributed by atoms with Crippen LogP contribution in [-0.2, 0) is 24.1 Å². The lowest BCUT2D eigenvalue weighted by atomic mass is 9.96. The van der Waals surface area contributed by atoms with Crippen molar-refractivity contribution in [1.29, 1.82) is 0 Å². The Morgan fingerprint density at radius 1 is 1.50 bits per heavy atom. The van der Waals surface area contributed by atoms with Crippen molar-refractivity contribution in [3.05, 3.63) is 0 Å². The van der Waals surface area contributed by atoms with Crippen LogP contribution in [0.15, 0.2) is 0 Å². The molecule has 1 aliphatic heterocycles. The summed E-state index contributed by atoms with van der Waals surface area (Å²) in [7, 11) is -3.06. The number of hydrogen-bond acceptors (Lipinski definition) is 8. The number of ether oxygens (including phenoxy) is 2. The van der Waals surface area contributed by atoms with Gasteiger partial charge in [-0.3, -0.25) is 4.79 Å². The summed E-state index contributed by atoms with van der Waals surface area (Å²) in [4.78, 5) is 8.44. The molecule has 1 amide bonds. The second kappa shape index (κ2) is 5.92. The van der Waals surface area contributed by atoms with E-state index in [0.29, 0.717) is 6.26 Å². The van der Waals surface area contributed by atoms with Gasteiger partial charge in [0, 0.05) is 20.3 Å². The number of aliphatic hydroxyl groups is 3. The Hall–Kier alpha value is -0.780. The highest BCUT2D eigenvalue weighted by Crippen LogP contribution is 2.34. The van der Waals surface area contributed by atoms with Gasteiger partial charge in [-0.1, -0.05) is 0 Å². The first-order valence-electron chi connectivity index (χ1n) is 5.75. The Kier molecular flexibility index (Phi) is 5.11. The maximum absolute atomic E-state index is 11.9. The van der Waals surface area contributed by atoms with Crippen molar-refractivity contribution in [2.75, 3.05) is 20.0 Å². The Labute approximate surface area is 116 Å². The summed E-state index contributed by atoms with van der Waals surface area (Å²) < 4.78 is 33.8. The van der Waals surface area contributed by atoms with Crippen LogP contribution in [-0.4, -0.2) is 79.1 Å². The van der Waals surface area contributed by atoms with Crippen molar-refractivity contribution in [2.24, 2.45) is 0 Å². The number of amides is 1. The number of carbonyl (C=O) groups is 1. The minimum absolute atomic E-state index is 0.641. The number of methoxy groups -OCH3 is 1. The summed E-state index contributed by atoms with van der Waals surface area (Å²) in [5, 5.41) is 31.8. The van der Waals surface area contributed by atoms with Crippen LogP contribution in [0.2, 0.25) is 0 Å². The fourth-order valence-electron chi connectivity index (χ4n) is 2.15. The first kappa shape index (κ1) is 17.3. The number of aliphatic hydroxyl groups excluding tert-OH is 2. The topological polar surface area (TPSA) is 142 Å². The Balaban J connectivity index is 3.36. The Bertz CT molecular complexity index is 466. The van der Waals surface area contributed by atoms with E-state index >= 15 is 0 Å². The summed E-state index contributed by atoms with van der Waals surface area (Å²) in [6.07, 6.45) is -3.97. The fourth-order valence-corrected chi connectivity index (χ4v) is 3.37. The van der Waals surface area contributed by atoms with Gasteiger partial charge < -0.3 is 30.1 Å². The third-order valence-corrected chi connectivity index (χ3v) is 4.85. The first-order valence-corrected chi connectivity index (χ1v) is 7.65. The van der Waals surface area contributed by atoms with Crippen LogP contribution in [0, 0.1) is 0 Å². The average Bonchev–Trinajstić information content (AvgIpc) is 2.33. The molecule has 0 aliphatic carbocycles. The fraction of sp³-hybridized carbons (Fsp3) is 0.900. The molecule has 1 saturated heterocycles. The van der Waals surface area contributed by atoms with E-state index in [9.17, 15) is 23.4 Å². The summed E-state index contributed by atoms with van der Waals surface area (Å²) >= 11 is 0. The van der Waals surface area contributed by atoms with Gasteiger partial charge in [-0.2, -0.15) is 0 Å². The monoisotopic (exact) mass is 313 g/mol. The lowest BCUT2D eigenvalue weighted by molar-refractivity contribution is -0.273. The molecular weight excluding hydrogens is 294 g/mol. The van der Waals surface area contributed by atoms with Crippen molar-refractivity contribution in [2.45, 2.75) is 36.4 Å². The standard InChI is InChI=1S/C10H19NO8S/c1-5(13)11-7-9(18-2)19-6(4-12)8(14)10(7,15)20(3,16)17/h6-9,12,14-15H,4H2,1-3H3,(H,11,13)/t6-,7-,8-,9+,10+/m1/s1. The van der Waals surface area contributed by atoms with Gasteiger partial charge in [-0.15, -0.1) is 0 Å². The van der Waals surface area contributed by atoms with Gasteiger partial charge in [0.25, 0.3) is 0 Å². The maximum atomic E-state index is 11.9. The minimum atomic E-state index is -4.24. The molecule has 0 radical (unpaired) electrons. The number of nitrogens with one attached hydrogen (secondary N) is 1. The van der Waals surface area contributed by atoms with E-state index in [2.05, 4.69) is 5.32 Å². The zero-order chi connectivity index (χ0) is 15.7. The zero-order valence-corrected chi connectivity index (χ0v) is 12.1. The summed E-state index contributed by atoms with van der Waals surface area (Å²) in [6.45, 7) is 0.381. The molecule has 0 unspecified atom stereocenters. The molecule has 118 valence electrons. The zero-order valence-electron chi connectivity index (χ0n) is 11.3. The van der Waals surface area contributed by atoms with Gasteiger partial charge in [0.1, 0.15) is 18.2 Å². The van der Waals surface area contributed by atoms with Gasteiger partial charge >= 0.3 is 0 Å². The molecule has 1 fully saturated rings. The van der Waals surface area contributed by atoms with E-state index in [0.717, 1.165) is 6.92 Å². The maximum Gasteiger partial charge on any atom is 0.219 e. The van der Waals surface area contributed by atoms with Crippen LogP contribution < -0.4 is 5.32 Å². The first-order chi connectivity index (χ1) is 9.09. The van der Waals surface area contributed by atoms with Crippen LogP contribution in [0.25, 0.3) is 0 Å². The van der Waals surface area contributed by atoms with E-state index in [-0.39, 0.29) is 0 Å². The van der Waals surface area contributed by atoms with E-state index in [1.165, 1.54) is 7.11 Å². The molecular formula is C10H19NO8S. The predicted octanol–water partition coefficient (Wildman–Crippen LogP) is -3.05. The molecule has 20 heavy (non-hydrogen) atoms. The number of hydrogen-bond donors (Lipinski definition) is 4. The molecule has 0 bridgehead atoms. The average molecular weight is 313 g/mol.